The SMILES string of the molecule is c1cnc(O[C@@H]2CO[C@]3(CCCN(c4cnccn4)C3)C2)nc1. The maximum atomic E-state index is 6.15. The summed E-state index contributed by atoms with van der Waals surface area (Å²) in [6, 6.07) is 2.19. The molecular formula is C16H19N5O2. The molecule has 2 saturated heterocycles. The van der Waals surface area contributed by atoms with Crippen LogP contribution < -0.4 is 9.64 Å². The van der Waals surface area contributed by atoms with Gasteiger partial charge >= 0.3 is 6.01 Å². The van der Waals surface area contributed by atoms with E-state index in [4.69, 9.17) is 9.47 Å². The summed E-state index contributed by atoms with van der Waals surface area (Å²) in [5.41, 5.74) is -0.171. The predicted molar refractivity (Wildman–Crippen MR) is 83.2 cm³/mol. The Morgan fingerprint density at radius 1 is 1.17 bits per heavy atom. The highest BCUT2D eigenvalue weighted by molar-refractivity contribution is 5.36. The molecule has 7 heteroatoms. The Hall–Kier alpha value is -2.28. The minimum atomic E-state index is -0.171. The van der Waals surface area contributed by atoms with E-state index in [1.807, 2.05) is 0 Å². The van der Waals surface area contributed by atoms with Crippen LogP contribution in [0.2, 0.25) is 0 Å². The van der Waals surface area contributed by atoms with Gasteiger partial charge < -0.3 is 14.4 Å². The fourth-order valence-electron chi connectivity index (χ4n) is 3.41. The van der Waals surface area contributed by atoms with Crippen LogP contribution in [0.25, 0.3) is 0 Å². The number of nitrogens with zero attached hydrogens (tertiary/aromatic N) is 5. The molecule has 2 aliphatic heterocycles. The number of ether oxygens (including phenoxy) is 2. The zero-order chi connectivity index (χ0) is 15.5. The lowest BCUT2D eigenvalue weighted by atomic mass is 9.89. The highest BCUT2D eigenvalue weighted by atomic mass is 16.6. The van der Waals surface area contributed by atoms with Crippen LogP contribution in [0.4, 0.5) is 5.82 Å². The van der Waals surface area contributed by atoms with Crippen molar-refractivity contribution >= 4 is 5.82 Å². The Labute approximate surface area is 134 Å². The number of piperidine rings is 1. The van der Waals surface area contributed by atoms with Gasteiger partial charge in [-0.2, -0.15) is 0 Å². The number of hydrogen-bond acceptors (Lipinski definition) is 7. The van der Waals surface area contributed by atoms with Crippen LogP contribution in [-0.2, 0) is 4.74 Å². The van der Waals surface area contributed by atoms with Crippen LogP contribution in [0.5, 0.6) is 6.01 Å². The maximum Gasteiger partial charge on any atom is 0.316 e. The molecule has 0 bridgehead atoms. The average molecular weight is 313 g/mol. The number of rotatable bonds is 3. The fourth-order valence-corrected chi connectivity index (χ4v) is 3.41. The first-order valence-corrected chi connectivity index (χ1v) is 7.92. The van der Waals surface area contributed by atoms with Gasteiger partial charge in [-0.25, -0.2) is 15.0 Å². The van der Waals surface area contributed by atoms with Crippen LogP contribution >= 0.6 is 0 Å². The topological polar surface area (TPSA) is 73.3 Å². The Morgan fingerprint density at radius 3 is 2.91 bits per heavy atom. The van der Waals surface area contributed by atoms with Crippen molar-refractivity contribution in [3.63, 3.8) is 0 Å². The van der Waals surface area contributed by atoms with Crippen molar-refractivity contribution < 1.29 is 9.47 Å². The highest BCUT2D eigenvalue weighted by Gasteiger charge is 2.45. The molecule has 2 aromatic heterocycles. The normalized spacial score (nSPS) is 27.3. The van der Waals surface area contributed by atoms with Gasteiger partial charge in [0, 0.05) is 44.3 Å². The molecule has 23 heavy (non-hydrogen) atoms. The van der Waals surface area contributed by atoms with Crippen LogP contribution in [0.15, 0.2) is 37.1 Å². The number of hydrogen-bond donors (Lipinski definition) is 0. The van der Waals surface area contributed by atoms with Gasteiger partial charge in [-0.3, -0.25) is 4.98 Å². The first-order valence-electron chi connectivity index (χ1n) is 7.92. The molecule has 0 saturated carbocycles. The van der Waals surface area contributed by atoms with E-state index in [-0.39, 0.29) is 11.7 Å². The molecule has 2 fully saturated rings. The van der Waals surface area contributed by atoms with Crippen LogP contribution in [0.1, 0.15) is 19.3 Å². The zero-order valence-corrected chi connectivity index (χ0v) is 12.8. The van der Waals surface area contributed by atoms with Gasteiger partial charge in [0.05, 0.1) is 18.4 Å². The number of anilines is 1. The molecule has 0 radical (unpaired) electrons. The minimum Gasteiger partial charge on any atom is -0.458 e. The summed E-state index contributed by atoms with van der Waals surface area (Å²) in [5, 5.41) is 0. The largest absolute Gasteiger partial charge is 0.458 e. The third kappa shape index (κ3) is 3.10. The van der Waals surface area contributed by atoms with Gasteiger partial charge in [0.15, 0.2) is 0 Å². The second-order valence-electron chi connectivity index (χ2n) is 6.06. The summed E-state index contributed by atoms with van der Waals surface area (Å²) in [5.74, 6) is 0.908. The molecule has 120 valence electrons. The lowest BCUT2D eigenvalue weighted by Gasteiger charge is -2.40. The molecule has 0 aromatic carbocycles. The van der Waals surface area contributed by atoms with Gasteiger partial charge in [0.25, 0.3) is 0 Å². The van der Waals surface area contributed by atoms with Gasteiger partial charge in [0.1, 0.15) is 11.9 Å². The summed E-state index contributed by atoms with van der Waals surface area (Å²) in [6.07, 6.45) is 11.6. The quantitative estimate of drug-likeness (QED) is 0.849. The van der Waals surface area contributed by atoms with Crippen molar-refractivity contribution in [2.45, 2.75) is 31.0 Å². The summed E-state index contributed by atoms with van der Waals surface area (Å²) in [6.45, 7) is 2.38. The molecule has 2 aromatic rings. The van der Waals surface area contributed by atoms with Crippen molar-refractivity contribution in [3.8, 4) is 6.01 Å². The van der Waals surface area contributed by atoms with E-state index in [0.717, 1.165) is 38.2 Å². The molecule has 4 heterocycles. The third-order valence-corrected chi connectivity index (χ3v) is 4.40. The van der Waals surface area contributed by atoms with Crippen molar-refractivity contribution in [3.05, 3.63) is 37.1 Å². The zero-order valence-electron chi connectivity index (χ0n) is 12.8. The Bertz CT molecular complexity index is 641. The fraction of sp³-hybridized carbons (Fsp3) is 0.500. The van der Waals surface area contributed by atoms with E-state index in [1.54, 1.807) is 37.1 Å². The molecule has 0 N–H and O–H groups in total. The van der Waals surface area contributed by atoms with Gasteiger partial charge in [-0.05, 0) is 18.9 Å². The van der Waals surface area contributed by atoms with E-state index in [9.17, 15) is 0 Å². The third-order valence-electron chi connectivity index (χ3n) is 4.40. The average Bonchev–Trinajstić information content (AvgIpc) is 2.98. The second kappa shape index (κ2) is 6.08. The Kier molecular flexibility index (Phi) is 3.78. The summed E-state index contributed by atoms with van der Waals surface area (Å²) in [7, 11) is 0. The smallest absolute Gasteiger partial charge is 0.316 e. The molecule has 0 unspecified atom stereocenters. The van der Waals surface area contributed by atoms with Crippen molar-refractivity contribution in [2.75, 3.05) is 24.6 Å². The van der Waals surface area contributed by atoms with E-state index in [1.165, 1.54) is 0 Å². The summed E-state index contributed by atoms with van der Waals surface area (Å²) in [4.78, 5) is 19.0. The lowest BCUT2D eigenvalue weighted by molar-refractivity contribution is -0.00844. The first-order chi connectivity index (χ1) is 11.3. The standard InChI is InChI=1S/C16H19N5O2/c1-3-16(12-21(8-1)14-10-17-6-7-18-14)9-13(11-22-16)23-15-19-4-2-5-20-15/h2,4-7,10,13H,1,3,8-9,11-12H2/t13-,16+/m0/s1. The monoisotopic (exact) mass is 313 g/mol. The minimum absolute atomic E-state index is 0.000734. The Morgan fingerprint density at radius 2 is 2.09 bits per heavy atom. The van der Waals surface area contributed by atoms with Crippen molar-refractivity contribution in [1.82, 2.24) is 19.9 Å². The molecule has 1 spiro atoms. The molecule has 0 aliphatic carbocycles. The van der Waals surface area contributed by atoms with E-state index in [0.29, 0.717) is 12.6 Å². The molecule has 0 amide bonds. The van der Waals surface area contributed by atoms with Crippen LogP contribution in [-0.4, -0.2) is 51.3 Å². The molecule has 7 nitrogen and oxygen atoms in total. The summed E-state index contributed by atoms with van der Waals surface area (Å²) < 4.78 is 12.0. The molecular weight excluding hydrogens is 294 g/mol. The predicted octanol–water partition coefficient (Wildman–Crippen LogP) is 1.47. The molecule has 2 atom stereocenters. The molecule has 4 rings (SSSR count). The van der Waals surface area contributed by atoms with E-state index in [2.05, 4.69) is 24.8 Å². The molecule has 2 aliphatic rings. The van der Waals surface area contributed by atoms with Gasteiger partial charge in [0.2, 0.25) is 0 Å². The summed E-state index contributed by atoms with van der Waals surface area (Å²) >= 11 is 0. The maximum absolute atomic E-state index is 6.15. The highest BCUT2D eigenvalue weighted by Crippen LogP contribution is 2.36. The van der Waals surface area contributed by atoms with Crippen molar-refractivity contribution in [2.24, 2.45) is 0 Å². The van der Waals surface area contributed by atoms with Crippen molar-refractivity contribution in [1.29, 1.82) is 0 Å². The van der Waals surface area contributed by atoms with Crippen LogP contribution in [0, 0.1) is 0 Å². The van der Waals surface area contributed by atoms with Gasteiger partial charge in [-0.15, -0.1) is 0 Å². The first kappa shape index (κ1) is 14.3. The Balaban J connectivity index is 1.43. The second-order valence-corrected chi connectivity index (χ2v) is 6.06. The van der Waals surface area contributed by atoms with Crippen LogP contribution in [0.3, 0.4) is 0 Å². The van der Waals surface area contributed by atoms with E-state index >= 15 is 0 Å². The van der Waals surface area contributed by atoms with Gasteiger partial charge in [-0.1, -0.05) is 0 Å². The number of aromatic nitrogens is 4. The lowest BCUT2D eigenvalue weighted by Crippen LogP contribution is -2.48. The van der Waals surface area contributed by atoms with E-state index < -0.39 is 0 Å².